The topological polar surface area (TPSA) is 94.8 Å². The van der Waals surface area contributed by atoms with Crippen molar-refractivity contribution in [2.45, 2.75) is 0 Å². The minimum Gasteiger partial charge on any atom is -0.507 e. The first-order chi connectivity index (χ1) is 6.43. The molecule has 0 atom stereocenters. The average Bonchev–Trinajstić information content (AvgIpc) is 2.08. The number of aromatic carboxylic acids is 2. The molecule has 0 aliphatic heterocycles. The van der Waals surface area contributed by atoms with E-state index < -0.39 is 17.7 Å². The van der Waals surface area contributed by atoms with E-state index in [0.29, 0.717) is 0 Å². The Kier molecular flexibility index (Phi) is 2.76. The van der Waals surface area contributed by atoms with Crippen LogP contribution in [-0.4, -0.2) is 27.3 Å². The van der Waals surface area contributed by atoms with Gasteiger partial charge in [0, 0.05) is 0 Å². The first kappa shape index (κ1) is 10.5. The lowest BCUT2D eigenvalue weighted by Gasteiger charge is -2.03. The van der Waals surface area contributed by atoms with Gasteiger partial charge in [-0.25, -0.2) is 9.59 Å². The highest BCUT2D eigenvalue weighted by Gasteiger charge is 2.16. The van der Waals surface area contributed by atoms with Crippen molar-refractivity contribution in [3.63, 3.8) is 0 Å². The molecule has 0 unspecified atom stereocenters. The van der Waals surface area contributed by atoms with E-state index in [4.69, 9.17) is 10.2 Å². The van der Waals surface area contributed by atoms with Crippen LogP contribution in [0.5, 0.6) is 5.75 Å². The van der Waals surface area contributed by atoms with Gasteiger partial charge in [-0.15, -0.1) is 0 Å². The number of carboxylic acid groups (broad SMARTS) is 2. The Morgan fingerprint density at radius 1 is 1.14 bits per heavy atom. The lowest BCUT2D eigenvalue weighted by Crippen LogP contribution is -2.03. The van der Waals surface area contributed by atoms with Gasteiger partial charge in [-0.3, -0.25) is 0 Å². The summed E-state index contributed by atoms with van der Waals surface area (Å²) in [4.78, 5) is 21.1. The number of halogens is 1. The van der Waals surface area contributed by atoms with Crippen molar-refractivity contribution in [3.05, 3.63) is 27.7 Å². The van der Waals surface area contributed by atoms with Gasteiger partial charge in [0.15, 0.2) is 0 Å². The third-order valence-electron chi connectivity index (χ3n) is 1.53. The van der Waals surface area contributed by atoms with E-state index in [9.17, 15) is 14.7 Å². The maximum atomic E-state index is 10.6. The van der Waals surface area contributed by atoms with Crippen LogP contribution in [0.25, 0.3) is 0 Å². The Bertz CT molecular complexity index is 412. The molecule has 0 spiro atoms. The number of phenolic OH excluding ortho intramolecular Hbond substituents is 1. The Hall–Kier alpha value is -1.56. The first-order valence-corrected chi connectivity index (χ1v) is 4.22. The molecule has 1 rings (SSSR count). The van der Waals surface area contributed by atoms with Crippen LogP contribution in [0.2, 0.25) is 0 Å². The van der Waals surface area contributed by atoms with Crippen LogP contribution in [0, 0.1) is 0 Å². The van der Waals surface area contributed by atoms with Crippen molar-refractivity contribution >= 4 is 27.9 Å². The first-order valence-electron chi connectivity index (χ1n) is 3.42. The van der Waals surface area contributed by atoms with Crippen molar-refractivity contribution in [3.8, 4) is 5.75 Å². The lowest BCUT2D eigenvalue weighted by molar-refractivity contribution is 0.0695. The zero-order valence-corrected chi connectivity index (χ0v) is 8.28. The Balaban J connectivity index is 3.43. The van der Waals surface area contributed by atoms with E-state index in [1.807, 2.05) is 0 Å². The molecule has 0 aliphatic carbocycles. The van der Waals surface area contributed by atoms with Gasteiger partial charge in [-0.05, 0) is 28.1 Å². The number of hydrogen-bond acceptors (Lipinski definition) is 3. The van der Waals surface area contributed by atoms with Crippen LogP contribution >= 0.6 is 15.9 Å². The van der Waals surface area contributed by atoms with Gasteiger partial charge < -0.3 is 15.3 Å². The molecule has 0 radical (unpaired) electrons. The van der Waals surface area contributed by atoms with E-state index in [1.54, 1.807) is 0 Å². The van der Waals surface area contributed by atoms with Crippen LogP contribution in [0.15, 0.2) is 16.6 Å². The Morgan fingerprint density at radius 3 is 2.14 bits per heavy atom. The standard InChI is InChI=1S/C8H5BrO5/c9-6-4(8(13)14)1-3(7(11)12)2-5(6)10/h1-2,10H,(H,11,12)(H,13,14). The van der Waals surface area contributed by atoms with Crippen LogP contribution in [-0.2, 0) is 0 Å². The maximum absolute atomic E-state index is 10.6. The molecule has 0 fully saturated rings. The number of rotatable bonds is 2. The molecule has 5 nitrogen and oxygen atoms in total. The molecule has 74 valence electrons. The third-order valence-corrected chi connectivity index (χ3v) is 2.36. The molecule has 14 heavy (non-hydrogen) atoms. The van der Waals surface area contributed by atoms with Crippen LogP contribution in [0.3, 0.4) is 0 Å². The summed E-state index contributed by atoms with van der Waals surface area (Å²) < 4.78 is -0.0324. The third kappa shape index (κ3) is 1.85. The van der Waals surface area contributed by atoms with Crippen LogP contribution < -0.4 is 0 Å². The highest BCUT2D eigenvalue weighted by Crippen LogP contribution is 2.29. The fourth-order valence-corrected chi connectivity index (χ4v) is 1.29. The summed E-state index contributed by atoms with van der Waals surface area (Å²) in [7, 11) is 0. The maximum Gasteiger partial charge on any atom is 0.337 e. The molecule has 0 bridgehead atoms. The minimum absolute atomic E-state index is 0.0324. The zero-order valence-electron chi connectivity index (χ0n) is 6.69. The molecular formula is C8H5BrO5. The fraction of sp³-hybridized carbons (Fsp3) is 0. The van der Waals surface area contributed by atoms with Crippen molar-refractivity contribution < 1.29 is 24.9 Å². The number of phenols is 1. The fourth-order valence-electron chi connectivity index (χ4n) is 0.888. The van der Waals surface area contributed by atoms with Crippen LogP contribution in [0.1, 0.15) is 20.7 Å². The van der Waals surface area contributed by atoms with Crippen LogP contribution in [0.4, 0.5) is 0 Å². The summed E-state index contributed by atoms with van der Waals surface area (Å²) in [5.74, 6) is -3.02. The summed E-state index contributed by atoms with van der Waals surface area (Å²) in [6, 6.07) is 1.94. The summed E-state index contributed by atoms with van der Waals surface area (Å²) in [5.41, 5.74) is -0.564. The number of hydrogen-bond donors (Lipinski definition) is 3. The van der Waals surface area contributed by atoms with E-state index >= 15 is 0 Å². The molecule has 0 amide bonds. The lowest BCUT2D eigenvalue weighted by atomic mass is 10.1. The smallest absolute Gasteiger partial charge is 0.337 e. The molecule has 0 heterocycles. The van der Waals surface area contributed by atoms with E-state index in [1.165, 1.54) is 0 Å². The zero-order chi connectivity index (χ0) is 10.9. The molecule has 1 aromatic carbocycles. The van der Waals surface area contributed by atoms with Gasteiger partial charge in [0.05, 0.1) is 15.6 Å². The number of aromatic hydroxyl groups is 1. The highest BCUT2D eigenvalue weighted by molar-refractivity contribution is 9.10. The Morgan fingerprint density at radius 2 is 1.71 bits per heavy atom. The SMILES string of the molecule is O=C(O)c1cc(O)c(Br)c(C(=O)O)c1. The van der Waals surface area contributed by atoms with E-state index in [2.05, 4.69) is 15.9 Å². The average molecular weight is 261 g/mol. The highest BCUT2D eigenvalue weighted by atomic mass is 79.9. The number of carboxylic acids is 2. The molecule has 0 saturated carbocycles. The molecular weight excluding hydrogens is 256 g/mol. The Labute approximate surface area is 86.7 Å². The largest absolute Gasteiger partial charge is 0.507 e. The second-order valence-corrected chi connectivity index (χ2v) is 3.26. The monoisotopic (exact) mass is 260 g/mol. The minimum atomic E-state index is -1.31. The van der Waals surface area contributed by atoms with Crippen molar-refractivity contribution in [1.82, 2.24) is 0 Å². The van der Waals surface area contributed by atoms with Gasteiger partial charge >= 0.3 is 11.9 Å². The second kappa shape index (κ2) is 3.67. The number of carbonyl (C=O) groups is 2. The molecule has 0 aromatic heterocycles. The number of benzene rings is 1. The molecule has 6 heteroatoms. The van der Waals surface area contributed by atoms with Gasteiger partial charge in [0.2, 0.25) is 0 Å². The van der Waals surface area contributed by atoms with Crippen molar-refractivity contribution in [1.29, 1.82) is 0 Å². The van der Waals surface area contributed by atoms with Crippen molar-refractivity contribution in [2.24, 2.45) is 0 Å². The molecule has 0 aliphatic rings. The predicted octanol–water partition coefficient (Wildman–Crippen LogP) is 1.55. The summed E-state index contributed by atoms with van der Waals surface area (Å²) in [6.45, 7) is 0. The molecule has 0 saturated heterocycles. The normalized spacial score (nSPS) is 9.79. The molecule has 1 aromatic rings. The summed E-state index contributed by atoms with van der Waals surface area (Å²) >= 11 is 2.84. The predicted molar refractivity (Wildman–Crippen MR) is 49.7 cm³/mol. The van der Waals surface area contributed by atoms with E-state index in [0.717, 1.165) is 12.1 Å². The van der Waals surface area contributed by atoms with E-state index in [-0.39, 0.29) is 15.6 Å². The quantitative estimate of drug-likeness (QED) is 0.750. The summed E-state index contributed by atoms with van der Waals surface area (Å²) in [5, 5.41) is 26.5. The van der Waals surface area contributed by atoms with Gasteiger partial charge in [-0.1, -0.05) is 0 Å². The summed E-state index contributed by atoms with van der Waals surface area (Å²) in [6.07, 6.45) is 0. The van der Waals surface area contributed by atoms with Gasteiger partial charge in [0.1, 0.15) is 5.75 Å². The second-order valence-electron chi connectivity index (χ2n) is 2.47. The van der Waals surface area contributed by atoms with Gasteiger partial charge in [-0.2, -0.15) is 0 Å². The van der Waals surface area contributed by atoms with Crippen molar-refractivity contribution in [2.75, 3.05) is 0 Å². The molecule has 3 N–H and O–H groups in total. The van der Waals surface area contributed by atoms with Gasteiger partial charge in [0.25, 0.3) is 0 Å².